The highest BCUT2D eigenvalue weighted by atomic mass is 32.1. The maximum atomic E-state index is 12.9. The summed E-state index contributed by atoms with van der Waals surface area (Å²) >= 11 is 1.42. The van der Waals surface area contributed by atoms with Gasteiger partial charge in [-0.1, -0.05) is 30.3 Å². The molecular weight excluding hydrogens is 360 g/mol. The third kappa shape index (κ3) is 4.54. The first-order valence-electron chi connectivity index (χ1n) is 9.22. The van der Waals surface area contributed by atoms with E-state index in [2.05, 4.69) is 27.3 Å². The monoisotopic (exact) mass is 386 g/mol. The SMILES string of the molecule is CNC(=O)C1CN(C(=O)c2sc(C)nc2C)CCN1CCc1ccccc1. The summed E-state index contributed by atoms with van der Waals surface area (Å²) in [6, 6.07) is 9.94. The van der Waals surface area contributed by atoms with Crippen LogP contribution in [0.25, 0.3) is 0 Å². The average Bonchev–Trinajstić information content (AvgIpc) is 3.03. The van der Waals surface area contributed by atoms with Gasteiger partial charge in [0.25, 0.3) is 5.91 Å². The normalized spacial score (nSPS) is 17.7. The van der Waals surface area contributed by atoms with Crippen LogP contribution >= 0.6 is 11.3 Å². The molecule has 1 unspecified atom stereocenters. The van der Waals surface area contributed by atoms with Crippen LogP contribution in [0.1, 0.15) is 25.9 Å². The van der Waals surface area contributed by atoms with Crippen molar-refractivity contribution in [1.29, 1.82) is 0 Å². The van der Waals surface area contributed by atoms with E-state index in [1.807, 2.05) is 32.0 Å². The molecule has 2 amide bonds. The number of amides is 2. The number of carbonyl (C=O) groups excluding carboxylic acids is 2. The average molecular weight is 387 g/mol. The Kier molecular flexibility index (Phi) is 6.23. The maximum absolute atomic E-state index is 12.9. The number of likely N-dealkylation sites (N-methyl/N-ethyl adjacent to an activating group) is 1. The molecule has 1 fully saturated rings. The second kappa shape index (κ2) is 8.63. The molecule has 0 radical (unpaired) electrons. The van der Waals surface area contributed by atoms with Gasteiger partial charge in [-0.2, -0.15) is 0 Å². The zero-order valence-corrected chi connectivity index (χ0v) is 16.9. The molecule has 0 bridgehead atoms. The fourth-order valence-corrected chi connectivity index (χ4v) is 4.37. The lowest BCUT2D eigenvalue weighted by Crippen LogP contribution is -2.60. The predicted molar refractivity (Wildman–Crippen MR) is 107 cm³/mol. The lowest BCUT2D eigenvalue weighted by molar-refractivity contribution is -0.127. The largest absolute Gasteiger partial charge is 0.358 e. The van der Waals surface area contributed by atoms with Gasteiger partial charge >= 0.3 is 0 Å². The Morgan fingerprint density at radius 2 is 1.96 bits per heavy atom. The minimum absolute atomic E-state index is 0.0188. The van der Waals surface area contributed by atoms with Gasteiger partial charge in [-0.15, -0.1) is 11.3 Å². The first-order valence-corrected chi connectivity index (χ1v) is 10.0. The van der Waals surface area contributed by atoms with Crippen LogP contribution in [0.3, 0.4) is 0 Å². The van der Waals surface area contributed by atoms with Crippen molar-refractivity contribution in [3.05, 3.63) is 51.5 Å². The topological polar surface area (TPSA) is 65.5 Å². The Morgan fingerprint density at radius 1 is 1.22 bits per heavy atom. The number of carbonyl (C=O) groups is 2. The number of piperazine rings is 1. The molecule has 0 saturated carbocycles. The first-order chi connectivity index (χ1) is 13.0. The zero-order chi connectivity index (χ0) is 19.4. The van der Waals surface area contributed by atoms with Gasteiger partial charge in [0.1, 0.15) is 10.9 Å². The number of nitrogens with one attached hydrogen (secondary N) is 1. The molecule has 27 heavy (non-hydrogen) atoms. The zero-order valence-electron chi connectivity index (χ0n) is 16.1. The summed E-state index contributed by atoms with van der Waals surface area (Å²) < 4.78 is 0. The van der Waals surface area contributed by atoms with Crippen molar-refractivity contribution in [3.63, 3.8) is 0 Å². The van der Waals surface area contributed by atoms with Crippen LogP contribution in [0, 0.1) is 13.8 Å². The number of hydrogen-bond donors (Lipinski definition) is 1. The van der Waals surface area contributed by atoms with E-state index in [1.54, 1.807) is 11.9 Å². The van der Waals surface area contributed by atoms with Crippen LogP contribution in [0.5, 0.6) is 0 Å². The summed E-state index contributed by atoms with van der Waals surface area (Å²) in [7, 11) is 1.65. The standard InChI is InChI=1S/C20H26N4O2S/c1-14-18(27-15(2)22-14)20(26)24-12-11-23(17(13-24)19(25)21-3)10-9-16-7-5-4-6-8-16/h4-8,17H,9-13H2,1-3H3,(H,21,25). The fourth-order valence-electron chi connectivity index (χ4n) is 3.48. The lowest BCUT2D eigenvalue weighted by Gasteiger charge is -2.40. The number of nitrogens with zero attached hydrogens (tertiary/aromatic N) is 3. The van der Waals surface area contributed by atoms with E-state index in [0.29, 0.717) is 24.5 Å². The Morgan fingerprint density at radius 3 is 2.59 bits per heavy atom. The van der Waals surface area contributed by atoms with Gasteiger partial charge in [0.2, 0.25) is 5.91 Å². The van der Waals surface area contributed by atoms with Gasteiger partial charge in [-0.25, -0.2) is 4.98 Å². The predicted octanol–water partition coefficient (Wildman–Crippen LogP) is 1.88. The number of aromatic nitrogens is 1. The Labute approximate surface area is 164 Å². The van der Waals surface area contributed by atoms with Crippen LogP contribution in [-0.4, -0.2) is 65.9 Å². The van der Waals surface area contributed by atoms with Crippen molar-refractivity contribution in [3.8, 4) is 0 Å². The van der Waals surface area contributed by atoms with Gasteiger partial charge in [0, 0.05) is 33.2 Å². The smallest absolute Gasteiger partial charge is 0.265 e. The van der Waals surface area contributed by atoms with Crippen molar-refractivity contribution >= 4 is 23.2 Å². The number of rotatable bonds is 5. The van der Waals surface area contributed by atoms with Gasteiger partial charge in [-0.05, 0) is 25.8 Å². The van der Waals surface area contributed by atoms with Crippen molar-refractivity contribution in [2.24, 2.45) is 0 Å². The molecule has 2 aromatic rings. The van der Waals surface area contributed by atoms with E-state index in [9.17, 15) is 9.59 Å². The van der Waals surface area contributed by atoms with Crippen LogP contribution in [-0.2, 0) is 11.2 Å². The fraction of sp³-hybridized carbons (Fsp3) is 0.450. The number of thiazole rings is 1. The Bertz CT molecular complexity index is 806. The molecule has 0 spiro atoms. The van der Waals surface area contributed by atoms with Crippen molar-refractivity contribution in [1.82, 2.24) is 20.1 Å². The van der Waals surface area contributed by atoms with Crippen molar-refractivity contribution in [2.75, 3.05) is 33.2 Å². The molecule has 1 aromatic heterocycles. The van der Waals surface area contributed by atoms with E-state index in [4.69, 9.17) is 0 Å². The molecule has 3 rings (SSSR count). The van der Waals surface area contributed by atoms with Gasteiger partial charge in [-0.3, -0.25) is 14.5 Å². The third-order valence-corrected chi connectivity index (χ3v) is 6.02. The van der Waals surface area contributed by atoms with Crippen LogP contribution < -0.4 is 5.32 Å². The molecule has 1 aromatic carbocycles. The number of aryl methyl sites for hydroxylation is 2. The summed E-state index contributed by atoms with van der Waals surface area (Å²) in [6.07, 6.45) is 0.884. The van der Waals surface area contributed by atoms with Crippen LogP contribution in [0.2, 0.25) is 0 Å². The molecular formula is C20H26N4O2S. The summed E-state index contributed by atoms with van der Waals surface area (Å²) in [5, 5.41) is 3.64. The molecule has 1 saturated heterocycles. The van der Waals surface area contributed by atoms with E-state index < -0.39 is 0 Å². The van der Waals surface area contributed by atoms with Crippen LogP contribution in [0.4, 0.5) is 0 Å². The van der Waals surface area contributed by atoms with Crippen molar-refractivity contribution < 1.29 is 9.59 Å². The highest BCUT2D eigenvalue weighted by Gasteiger charge is 2.34. The molecule has 6 nitrogen and oxygen atoms in total. The molecule has 2 heterocycles. The van der Waals surface area contributed by atoms with Gasteiger partial charge in [0.15, 0.2) is 0 Å². The number of hydrogen-bond acceptors (Lipinski definition) is 5. The number of benzene rings is 1. The molecule has 1 N–H and O–H groups in total. The lowest BCUT2D eigenvalue weighted by atomic mass is 10.1. The molecule has 1 aliphatic rings. The quantitative estimate of drug-likeness (QED) is 0.852. The first kappa shape index (κ1) is 19.5. The second-order valence-electron chi connectivity index (χ2n) is 6.80. The second-order valence-corrected chi connectivity index (χ2v) is 8.00. The highest BCUT2D eigenvalue weighted by Crippen LogP contribution is 2.21. The van der Waals surface area contributed by atoms with Crippen molar-refractivity contribution in [2.45, 2.75) is 26.3 Å². The van der Waals surface area contributed by atoms with Gasteiger partial charge < -0.3 is 10.2 Å². The summed E-state index contributed by atoms with van der Waals surface area (Å²) in [5.41, 5.74) is 2.02. The third-order valence-electron chi connectivity index (χ3n) is 4.96. The minimum atomic E-state index is -0.328. The highest BCUT2D eigenvalue weighted by molar-refractivity contribution is 7.13. The van der Waals surface area contributed by atoms with E-state index in [0.717, 1.165) is 23.7 Å². The maximum Gasteiger partial charge on any atom is 0.265 e. The summed E-state index contributed by atoms with van der Waals surface area (Å²) in [4.78, 5) is 34.4. The molecule has 144 valence electrons. The molecule has 1 aliphatic heterocycles. The van der Waals surface area contributed by atoms with Gasteiger partial charge in [0.05, 0.1) is 10.7 Å². The van der Waals surface area contributed by atoms with E-state index in [1.165, 1.54) is 16.9 Å². The Hall–Kier alpha value is -2.25. The van der Waals surface area contributed by atoms with E-state index >= 15 is 0 Å². The minimum Gasteiger partial charge on any atom is -0.358 e. The molecule has 0 aliphatic carbocycles. The summed E-state index contributed by atoms with van der Waals surface area (Å²) in [6.45, 7) is 6.28. The Balaban J connectivity index is 1.69. The summed E-state index contributed by atoms with van der Waals surface area (Å²) in [5.74, 6) is -0.0625. The molecule has 7 heteroatoms. The van der Waals surface area contributed by atoms with Crippen LogP contribution in [0.15, 0.2) is 30.3 Å². The molecule has 1 atom stereocenters. The van der Waals surface area contributed by atoms with E-state index in [-0.39, 0.29) is 17.9 Å².